The van der Waals surface area contributed by atoms with Crippen molar-refractivity contribution < 1.29 is 35.5 Å². The lowest BCUT2D eigenvalue weighted by molar-refractivity contribution is -0.206. The van der Waals surface area contributed by atoms with Crippen LogP contribution in [0.15, 0.2) is 12.7 Å². The van der Waals surface area contributed by atoms with E-state index in [0.29, 0.717) is 32.1 Å². The summed E-state index contributed by atoms with van der Waals surface area (Å²) in [6.45, 7) is 3.30. The monoisotopic (exact) mass is 350 g/mol. The summed E-state index contributed by atoms with van der Waals surface area (Å²) in [4.78, 5) is 10.9. The molecule has 136 valence electrons. The van der Waals surface area contributed by atoms with Crippen LogP contribution in [-0.4, -0.2) is 23.8 Å². The highest BCUT2D eigenvalue weighted by Crippen LogP contribution is 2.40. The molecule has 0 saturated carbocycles. The first kappa shape index (κ1) is 21.9. The van der Waals surface area contributed by atoms with E-state index in [-0.39, 0.29) is 12.2 Å². The Labute approximate surface area is 130 Å². The molecule has 0 rings (SSSR count). The summed E-state index contributed by atoms with van der Waals surface area (Å²) in [6.07, 6.45) is -7.08. The topological polar surface area (TPSA) is 17.1 Å². The van der Waals surface area contributed by atoms with E-state index < -0.39 is 37.3 Å². The predicted octanol–water partition coefficient (Wildman–Crippen LogP) is 6.09. The first-order valence-electron chi connectivity index (χ1n) is 7.35. The summed E-state index contributed by atoms with van der Waals surface area (Å²) in [5.74, 6) is -8.40. The fraction of sp³-hybridized carbons (Fsp3) is 0.800. The average Bonchev–Trinajstić information content (AvgIpc) is 2.32. The van der Waals surface area contributed by atoms with Crippen LogP contribution in [0.4, 0.5) is 30.7 Å². The zero-order chi connectivity index (χ0) is 18.1. The van der Waals surface area contributed by atoms with Crippen molar-refractivity contribution in [3.05, 3.63) is 12.7 Å². The van der Waals surface area contributed by atoms with Crippen molar-refractivity contribution in [2.45, 2.75) is 75.8 Å². The number of ketones is 1. The van der Waals surface area contributed by atoms with Gasteiger partial charge in [-0.1, -0.05) is 25.8 Å². The molecule has 0 aliphatic carbocycles. The first-order chi connectivity index (χ1) is 10.4. The van der Waals surface area contributed by atoms with Gasteiger partial charge in [0.15, 0.2) is 5.78 Å². The van der Waals surface area contributed by atoms with Gasteiger partial charge in [-0.2, -0.15) is 13.2 Å². The molecule has 0 amide bonds. The molecule has 0 heterocycles. The average molecular weight is 350 g/mol. The fourth-order valence-corrected chi connectivity index (χ4v) is 2.14. The summed E-state index contributed by atoms with van der Waals surface area (Å²) < 4.78 is 88.2. The number of allylic oxidation sites excluding steroid dienone is 1. The van der Waals surface area contributed by atoms with Crippen molar-refractivity contribution in [1.29, 1.82) is 0 Å². The highest BCUT2D eigenvalue weighted by atomic mass is 19.4. The van der Waals surface area contributed by atoms with Gasteiger partial charge >= 0.3 is 6.18 Å². The van der Waals surface area contributed by atoms with Gasteiger partial charge in [0.2, 0.25) is 0 Å². The molecular weight excluding hydrogens is 329 g/mol. The minimum Gasteiger partial charge on any atom is -0.295 e. The van der Waals surface area contributed by atoms with Crippen molar-refractivity contribution in [3.63, 3.8) is 0 Å². The van der Waals surface area contributed by atoms with Crippen LogP contribution < -0.4 is 0 Å². The van der Waals surface area contributed by atoms with Gasteiger partial charge in [0, 0.05) is 12.8 Å². The Hall–Kier alpha value is -1.08. The highest BCUT2D eigenvalue weighted by Gasteiger charge is 2.49. The van der Waals surface area contributed by atoms with Crippen LogP contribution in [0.3, 0.4) is 0 Å². The Balaban J connectivity index is 3.96. The van der Waals surface area contributed by atoms with Gasteiger partial charge in [0.25, 0.3) is 11.8 Å². The third kappa shape index (κ3) is 13.1. The summed E-state index contributed by atoms with van der Waals surface area (Å²) in [5, 5.41) is 0. The van der Waals surface area contributed by atoms with E-state index in [1.54, 1.807) is 0 Å². The molecule has 0 aromatic rings. The summed E-state index contributed by atoms with van der Waals surface area (Å²) >= 11 is 0. The standard InChI is InChI=1S/C15H21F7O/c1-2-12(23)8-6-4-3-5-7-9-13(16,17)10-14(18,19)11-15(20,21)22/h2H,1,3-11H2. The third-order valence-electron chi connectivity index (χ3n) is 3.17. The maximum absolute atomic E-state index is 13.3. The number of carbonyl (C=O) groups is 1. The number of alkyl halides is 7. The van der Waals surface area contributed by atoms with Gasteiger partial charge < -0.3 is 0 Å². The van der Waals surface area contributed by atoms with Crippen molar-refractivity contribution in [3.8, 4) is 0 Å². The Morgan fingerprint density at radius 3 is 1.83 bits per heavy atom. The van der Waals surface area contributed by atoms with Crippen molar-refractivity contribution in [2.24, 2.45) is 0 Å². The molecule has 0 fully saturated rings. The van der Waals surface area contributed by atoms with Gasteiger partial charge in [0.1, 0.15) is 6.42 Å². The molecule has 0 spiro atoms. The van der Waals surface area contributed by atoms with Gasteiger partial charge in [-0.15, -0.1) is 0 Å². The molecule has 1 nitrogen and oxygen atoms in total. The van der Waals surface area contributed by atoms with Crippen molar-refractivity contribution in [1.82, 2.24) is 0 Å². The number of unbranched alkanes of at least 4 members (excludes halogenated alkanes) is 4. The molecular formula is C15H21F7O. The van der Waals surface area contributed by atoms with E-state index >= 15 is 0 Å². The van der Waals surface area contributed by atoms with Crippen molar-refractivity contribution in [2.75, 3.05) is 0 Å². The molecule has 8 heteroatoms. The van der Waals surface area contributed by atoms with Crippen LogP contribution in [0, 0.1) is 0 Å². The quantitative estimate of drug-likeness (QED) is 0.237. The Morgan fingerprint density at radius 1 is 0.783 bits per heavy atom. The minimum atomic E-state index is -5.18. The maximum Gasteiger partial charge on any atom is 0.394 e. The number of carbonyl (C=O) groups excluding carboxylic acids is 1. The highest BCUT2D eigenvalue weighted by molar-refractivity contribution is 5.88. The lowest BCUT2D eigenvalue weighted by atomic mass is 10.00. The summed E-state index contributed by atoms with van der Waals surface area (Å²) in [6, 6.07) is 0. The molecule has 0 bridgehead atoms. The molecule has 0 aromatic carbocycles. The SMILES string of the molecule is C=CC(=O)CCCCCCCC(F)(F)CC(F)(F)CC(F)(F)F. The summed E-state index contributed by atoms with van der Waals surface area (Å²) in [7, 11) is 0. The third-order valence-corrected chi connectivity index (χ3v) is 3.17. The molecule has 23 heavy (non-hydrogen) atoms. The van der Waals surface area contributed by atoms with E-state index in [1.165, 1.54) is 6.08 Å². The Bertz CT molecular complexity index is 375. The second kappa shape index (κ2) is 9.27. The molecule has 0 unspecified atom stereocenters. The van der Waals surface area contributed by atoms with Crippen LogP contribution >= 0.6 is 0 Å². The zero-order valence-electron chi connectivity index (χ0n) is 12.7. The second-order valence-corrected chi connectivity index (χ2v) is 5.62. The molecule has 0 atom stereocenters. The Kier molecular flexibility index (Phi) is 8.84. The van der Waals surface area contributed by atoms with Crippen LogP contribution in [0.25, 0.3) is 0 Å². The Morgan fingerprint density at radius 2 is 1.30 bits per heavy atom. The fourth-order valence-electron chi connectivity index (χ4n) is 2.14. The number of halogens is 7. The normalized spacial score (nSPS) is 13.2. The van der Waals surface area contributed by atoms with E-state index in [2.05, 4.69) is 6.58 Å². The van der Waals surface area contributed by atoms with Gasteiger partial charge in [0.05, 0.1) is 6.42 Å². The van der Waals surface area contributed by atoms with E-state index in [0.717, 1.165) is 0 Å². The second-order valence-electron chi connectivity index (χ2n) is 5.62. The van der Waals surface area contributed by atoms with Crippen LogP contribution in [0.5, 0.6) is 0 Å². The van der Waals surface area contributed by atoms with E-state index in [9.17, 15) is 35.5 Å². The van der Waals surface area contributed by atoms with Gasteiger partial charge in [-0.3, -0.25) is 4.79 Å². The number of hydrogen-bond acceptors (Lipinski definition) is 1. The first-order valence-corrected chi connectivity index (χ1v) is 7.35. The van der Waals surface area contributed by atoms with Crippen molar-refractivity contribution >= 4 is 5.78 Å². The minimum absolute atomic E-state index is 0.0511. The van der Waals surface area contributed by atoms with E-state index in [1.807, 2.05) is 0 Å². The van der Waals surface area contributed by atoms with Crippen LogP contribution in [0.1, 0.15) is 57.8 Å². The lowest BCUT2D eigenvalue weighted by Crippen LogP contribution is -2.33. The van der Waals surface area contributed by atoms with Gasteiger partial charge in [-0.05, 0) is 18.9 Å². The largest absolute Gasteiger partial charge is 0.394 e. The molecule has 0 aliphatic heterocycles. The predicted molar refractivity (Wildman–Crippen MR) is 72.7 cm³/mol. The zero-order valence-corrected chi connectivity index (χ0v) is 12.7. The van der Waals surface area contributed by atoms with Crippen LogP contribution in [0.2, 0.25) is 0 Å². The molecule has 0 aromatic heterocycles. The smallest absolute Gasteiger partial charge is 0.295 e. The number of hydrogen-bond donors (Lipinski definition) is 0. The molecule has 0 radical (unpaired) electrons. The lowest BCUT2D eigenvalue weighted by Gasteiger charge is -2.24. The molecule has 0 aliphatic rings. The van der Waals surface area contributed by atoms with E-state index in [4.69, 9.17) is 0 Å². The van der Waals surface area contributed by atoms with Crippen LogP contribution in [-0.2, 0) is 4.79 Å². The van der Waals surface area contributed by atoms with Gasteiger partial charge in [-0.25, -0.2) is 17.6 Å². The maximum atomic E-state index is 13.3. The number of rotatable bonds is 12. The summed E-state index contributed by atoms with van der Waals surface area (Å²) in [5.41, 5.74) is 0. The molecule has 0 N–H and O–H groups in total. The molecule has 0 saturated heterocycles.